The highest BCUT2D eigenvalue weighted by Gasteiger charge is 2.35. The molecule has 1 rings (SSSR count). The molecule has 204 valence electrons. The van der Waals surface area contributed by atoms with Gasteiger partial charge < -0.3 is 19.9 Å². The first-order valence-corrected chi connectivity index (χ1v) is 13.7. The number of amides is 1. The van der Waals surface area contributed by atoms with Gasteiger partial charge in [-0.25, -0.2) is 0 Å². The predicted molar refractivity (Wildman–Crippen MR) is 137 cm³/mol. The lowest BCUT2D eigenvalue weighted by atomic mass is 9.88. The monoisotopic (exact) mass is 499 g/mol. The summed E-state index contributed by atoms with van der Waals surface area (Å²) in [5.41, 5.74) is 4.83. The van der Waals surface area contributed by atoms with Crippen molar-refractivity contribution >= 4 is 11.9 Å². The maximum atomic E-state index is 13.1. The van der Waals surface area contributed by atoms with Crippen LogP contribution in [0, 0.1) is 11.8 Å². The first-order chi connectivity index (χ1) is 16.6. The Morgan fingerprint density at radius 2 is 1.57 bits per heavy atom. The molecule has 0 unspecified atom stereocenters. The first-order valence-electron chi connectivity index (χ1n) is 13.7. The van der Waals surface area contributed by atoms with E-state index in [-0.39, 0.29) is 12.2 Å². The van der Waals surface area contributed by atoms with Gasteiger partial charge in [0, 0.05) is 12.8 Å². The number of hydrogen-bond acceptors (Lipinski definition) is 5. The number of esters is 1. The number of nitrogens with two attached hydrogens (primary N) is 1. The first kappa shape index (κ1) is 31.6. The Balaban J connectivity index is 2.40. The van der Waals surface area contributed by atoms with E-state index in [1.807, 2.05) is 6.08 Å². The van der Waals surface area contributed by atoms with Crippen molar-refractivity contribution in [3.8, 4) is 0 Å². The fourth-order valence-corrected chi connectivity index (χ4v) is 4.53. The Bertz CT molecular complexity index is 625. The minimum Gasteiger partial charge on any atom is -0.460 e. The molecule has 1 aliphatic heterocycles. The zero-order chi connectivity index (χ0) is 26.2. The van der Waals surface area contributed by atoms with Gasteiger partial charge in [-0.1, -0.05) is 57.6 Å². The zero-order valence-corrected chi connectivity index (χ0v) is 22.6. The van der Waals surface area contributed by atoms with E-state index in [0.717, 1.165) is 51.4 Å². The molecule has 1 fully saturated rings. The van der Waals surface area contributed by atoms with E-state index in [1.54, 1.807) is 26.8 Å². The lowest BCUT2D eigenvalue weighted by molar-refractivity contribution is -0.168. The van der Waals surface area contributed by atoms with E-state index >= 15 is 0 Å². The Labute approximate surface area is 212 Å². The second-order valence-electron chi connectivity index (χ2n) is 10.7. The van der Waals surface area contributed by atoms with Crippen molar-refractivity contribution in [1.29, 1.82) is 0 Å². The number of alkyl halides is 1. The fourth-order valence-electron chi connectivity index (χ4n) is 4.53. The van der Waals surface area contributed by atoms with Gasteiger partial charge >= 0.3 is 5.97 Å². The van der Waals surface area contributed by atoms with Crippen LogP contribution in [0.3, 0.4) is 0 Å². The van der Waals surface area contributed by atoms with Crippen LogP contribution in [-0.4, -0.2) is 43.2 Å². The third kappa shape index (κ3) is 13.4. The number of ether oxygens (including phenoxy) is 3. The number of carbonyl (C=O) groups excluding carboxylic acids is 2. The third-order valence-electron chi connectivity index (χ3n) is 6.39. The summed E-state index contributed by atoms with van der Waals surface area (Å²) in [7, 11) is 0. The number of halogens is 1. The molecule has 35 heavy (non-hydrogen) atoms. The summed E-state index contributed by atoms with van der Waals surface area (Å²) >= 11 is 0. The molecule has 2 N–H and O–H groups in total. The van der Waals surface area contributed by atoms with E-state index in [9.17, 15) is 14.0 Å². The van der Waals surface area contributed by atoms with Gasteiger partial charge in [0.15, 0.2) is 5.79 Å². The van der Waals surface area contributed by atoms with Gasteiger partial charge in [0.1, 0.15) is 5.60 Å². The third-order valence-corrected chi connectivity index (χ3v) is 6.39. The van der Waals surface area contributed by atoms with Gasteiger partial charge in [0.25, 0.3) is 0 Å². The maximum absolute atomic E-state index is 13.1. The number of hydrogen-bond donors (Lipinski definition) is 1. The minimum absolute atomic E-state index is 0.0860. The standard InChI is InChI=1S/C28H50FNO5/c1-5-6-7-11-14-18-28(33-21-22-34-28)19-15-12-9-8-10-13-16-23(25(30)31)24(17-20-29)26(32)35-27(2,3)4/h13,16,23-24H,5-12,14-15,17-22H2,1-4H3,(H2,30,31)/b16-13+/t23-,24+/m0/s1. The molecule has 1 aliphatic rings. The Hall–Kier alpha value is -1.47. The van der Waals surface area contributed by atoms with E-state index in [0.29, 0.717) is 13.2 Å². The van der Waals surface area contributed by atoms with Crippen LogP contribution in [0.15, 0.2) is 12.2 Å². The average molecular weight is 500 g/mol. The van der Waals surface area contributed by atoms with Crippen LogP contribution >= 0.6 is 0 Å². The molecule has 1 heterocycles. The summed E-state index contributed by atoms with van der Waals surface area (Å²) < 4.78 is 30.4. The Morgan fingerprint density at radius 1 is 1.00 bits per heavy atom. The summed E-state index contributed by atoms with van der Waals surface area (Å²) in [5.74, 6) is -3.37. The van der Waals surface area contributed by atoms with Gasteiger partial charge in [-0.3, -0.25) is 14.0 Å². The summed E-state index contributed by atoms with van der Waals surface area (Å²) in [6.07, 6.45) is 16.5. The smallest absolute Gasteiger partial charge is 0.310 e. The molecule has 0 bridgehead atoms. The molecular formula is C28H50FNO5. The van der Waals surface area contributed by atoms with Crippen molar-refractivity contribution in [1.82, 2.24) is 0 Å². The Morgan fingerprint density at radius 3 is 2.09 bits per heavy atom. The van der Waals surface area contributed by atoms with Crippen molar-refractivity contribution in [3.63, 3.8) is 0 Å². The molecule has 0 radical (unpaired) electrons. The SMILES string of the molecule is CCCCCCCC1(CCCCCC/C=C/[C@H](C(N)=O)[C@@H](CCF)C(=O)OC(C)(C)C)OCCO1. The molecule has 0 aromatic carbocycles. The lowest BCUT2D eigenvalue weighted by Gasteiger charge is -2.27. The molecule has 0 aromatic heterocycles. The molecule has 2 atom stereocenters. The van der Waals surface area contributed by atoms with E-state index in [2.05, 4.69) is 6.92 Å². The number of carbonyl (C=O) groups is 2. The average Bonchev–Trinajstić information content (AvgIpc) is 3.24. The molecular weight excluding hydrogens is 449 g/mol. The van der Waals surface area contributed by atoms with Gasteiger partial charge in [-0.15, -0.1) is 0 Å². The zero-order valence-electron chi connectivity index (χ0n) is 22.6. The van der Waals surface area contributed by atoms with Gasteiger partial charge in [-0.05, 0) is 52.9 Å². The number of primary amides is 1. The second kappa shape index (κ2) is 17.1. The summed E-state index contributed by atoms with van der Waals surface area (Å²) in [6, 6.07) is 0. The molecule has 1 saturated heterocycles. The van der Waals surface area contributed by atoms with Crippen LogP contribution in [-0.2, 0) is 23.8 Å². The van der Waals surface area contributed by atoms with Gasteiger partial charge in [-0.2, -0.15) is 0 Å². The normalized spacial score (nSPS) is 17.5. The van der Waals surface area contributed by atoms with Crippen molar-refractivity contribution in [2.24, 2.45) is 17.6 Å². The molecule has 0 spiro atoms. The van der Waals surface area contributed by atoms with Crippen molar-refractivity contribution in [2.75, 3.05) is 19.9 Å². The summed E-state index contributed by atoms with van der Waals surface area (Å²) in [4.78, 5) is 24.5. The van der Waals surface area contributed by atoms with Crippen LogP contribution in [0.4, 0.5) is 4.39 Å². The van der Waals surface area contributed by atoms with Crippen molar-refractivity contribution < 1.29 is 28.2 Å². The van der Waals surface area contributed by atoms with Crippen LogP contribution in [0.25, 0.3) is 0 Å². The van der Waals surface area contributed by atoms with Crippen LogP contribution in [0.5, 0.6) is 0 Å². The molecule has 0 aliphatic carbocycles. The quantitative estimate of drug-likeness (QED) is 0.126. The highest BCUT2D eigenvalue weighted by atomic mass is 19.1. The summed E-state index contributed by atoms with van der Waals surface area (Å²) in [6.45, 7) is 8.12. The summed E-state index contributed by atoms with van der Waals surface area (Å²) in [5, 5.41) is 0. The lowest BCUT2D eigenvalue weighted by Crippen LogP contribution is -2.37. The fraction of sp³-hybridized carbons (Fsp3) is 0.857. The molecule has 0 saturated carbocycles. The molecule has 7 heteroatoms. The molecule has 1 amide bonds. The van der Waals surface area contributed by atoms with Gasteiger partial charge in [0.2, 0.25) is 5.91 Å². The van der Waals surface area contributed by atoms with E-state index in [1.165, 1.54) is 25.7 Å². The predicted octanol–water partition coefficient (Wildman–Crippen LogP) is 6.41. The van der Waals surface area contributed by atoms with Crippen LogP contribution in [0.2, 0.25) is 0 Å². The second-order valence-corrected chi connectivity index (χ2v) is 10.7. The van der Waals surface area contributed by atoms with Crippen molar-refractivity contribution in [2.45, 2.75) is 123 Å². The highest BCUT2D eigenvalue weighted by Crippen LogP contribution is 2.32. The largest absolute Gasteiger partial charge is 0.460 e. The van der Waals surface area contributed by atoms with Crippen LogP contribution in [0.1, 0.15) is 111 Å². The molecule has 0 aromatic rings. The van der Waals surface area contributed by atoms with Gasteiger partial charge in [0.05, 0.1) is 31.7 Å². The number of rotatable bonds is 19. The van der Waals surface area contributed by atoms with E-state index < -0.39 is 36.0 Å². The Kier molecular flexibility index (Phi) is 15.4. The minimum atomic E-state index is -0.905. The van der Waals surface area contributed by atoms with Crippen molar-refractivity contribution in [3.05, 3.63) is 12.2 Å². The topological polar surface area (TPSA) is 87.9 Å². The maximum Gasteiger partial charge on any atom is 0.310 e. The van der Waals surface area contributed by atoms with Crippen LogP contribution < -0.4 is 5.73 Å². The highest BCUT2D eigenvalue weighted by molar-refractivity contribution is 5.85. The molecule has 6 nitrogen and oxygen atoms in total. The number of unbranched alkanes of at least 4 members (excludes halogenated alkanes) is 8. The van der Waals surface area contributed by atoms with E-state index in [4.69, 9.17) is 19.9 Å². The number of allylic oxidation sites excluding steroid dienone is 1.